The van der Waals surface area contributed by atoms with Crippen molar-refractivity contribution in [1.29, 1.82) is 0 Å². The van der Waals surface area contributed by atoms with Crippen molar-refractivity contribution in [2.75, 3.05) is 31.5 Å². The number of nitrogens with one attached hydrogen (secondary N) is 3. The van der Waals surface area contributed by atoms with E-state index in [0.717, 1.165) is 51.5 Å². The molecule has 0 bridgehead atoms. The number of fused-ring (bicyclic) bond motifs is 1. The van der Waals surface area contributed by atoms with Gasteiger partial charge in [0.15, 0.2) is 0 Å². The van der Waals surface area contributed by atoms with Gasteiger partial charge in [-0.3, -0.25) is 4.79 Å². The molecule has 174 valence electrons. The fourth-order valence-corrected chi connectivity index (χ4v) is 4.58. The summed E-state index contributed by atoms with van der Waals surface area (Å²) in [7, 11) is 0. The number of hydrogen-bond acceptors (Lipinski definition) is 5. The first-order chi connectivity index (χ1) is 15.9. The molecule has 3 aromatic rings. The molecule has 1 atom stereocenters. The van der Waals surface area contributed by atoms with Crippen molar-refractivity contribution in [2.24, 2.45) is 0 Å². The van der Waals surface area contributed by atoms with E-state index in [1.807, 2.05) is 0 Å². The van der Waals surface area contributed by atoms with Gasteiger partial charge in [0.05, 0.1) is 5.69 Å². The van der Waals surface area contributed by atoms with Crippen molar-refractivity contribution < 1.29 is 18.0 Å². The number of benzene rings is 1. The number of piperidine rings is 1. The molecule has 2 aliphatic heterocycles. The summed E-state index contributed by atoms with van der Waals surface area (Å²) in [6.45, 7) is 3.10. The normalized spacial score (nSPS) is 19.2. The average Bonchev–Trinajstić information content (AvgIpc) is 3.48. The largest absolute Gasteiger partial charge is 0.419 e. The molecule has 2 aliphatic rings. The number of carbonyl (C=O) groups is 1. The Labute approximate surface area is 188 Å². The van der Waals surface area contributed by atoms with Gasteiger partial charge in [0.25, 0.3) is 5.91 Å². The van der Waals surface area contributed by atoms with Crippen LogP contribution >= 0.6 is 0 Å². The minimum atomic E-state index is -4.60. The summed E-state index contributed by atoms with van der Waals surface area (Å²) in [4.78, 5) is 25.8. The van der Waals surface area contributed by atoms with E-state index in [0.29, 0.717) is 28.6 Å². The highest BCUT2D eigenvalue weighted by Crippen LogP contribution is 2.39. The van der Waals surface area contributed by atoms with Crippen LogP contribution in [0.4, 0.5) is 19.1 Å². The summed E-state index contributed by atoms with van der Waals surface area (Å²) >= 11 is 0. The average molecular weight is 458 g/mol. The lowest BCUT2D eigenvalue weighted by molar-refractivity contribution is -0.137. The number of halogens is 3. The number of nitrogens with zero attached hydrogens (tertiary/aromatic N) is 3. The summed E-state index contributed by atoms with van der Waals surface area (Å²) in [5.74, 6) is 0.109. The van der Waals surface area contributed by atoms with Gasteiger partial charge in [-0.2, -0.15) is 13.2 Å². The lowest BCUT2D eigenvalue weighted by Gasteiger charge is -2.24. The van der Waals surface area contributed by atoms with E-state index >= 15 is 0 Å². The number of hydrogen-bond donors (Lipinski definition) is 3. The molecule has 1 amide bonds. The molecule has 0 aliphatic carbocycles. The van der Waals surface area contributed by atoms with Gasteiger partial charge in [0.1, 0.15) is 5.56 Å². The van der Waals surface area contributed by atoms with E-state index in [9.17, 15) is 18.0 Å². The number of rotatable bonds is 4. The fourth-order valence-electron chi connectivity index (χ4n) is 4.58. The predicted octanol–water partition coefficient (Wildman–Crippen LogP) is 4.04. The maximum atomic E-state index is 13.8. The quantitative estimate of drug-likeness (QED) is 0.549. The van der Waals surface area contributed by atoms with Crippen molar-refractivity contribution in [1.82, 2.24) is 25.2 Å². The summed E-state index contributed by atoms with van der Waals surface area (Å²) in [5.41, 5.74) is 0.350. The van der Waals surface area contributed by atoms with E-state index in [4.69, 9.17) is 0 Å². The SMILES string of the molecule is O=C(c1ccc2c(-c3nc(N[C@H]4CCCNC4)ncc3C(F)(F)F)c[nH]c2c1)N1CCCC1. The molecule has 10 heteroatoms. The topological polar surface area (TPSA) is 85.9 Å². The number of aromatic amines is 1. The summed E-state index contributed by atoms with van der Waals surface area (Å²) < 4.78 is 41.4. The molecular formula is C23H25F3N6O. The van der Waals surface area contributed by atoms with Gasteiger partial charge >= 0.3 is 6.18 Å². The third kappa shape index (κ3) is 4.39. The van der Waals surface area contributed by atoms with Crippen LogP contribution in [-0.2, 0) is 6.18 Å². The molecule has 2 saturated heterocycles. The molecule has 5 rings (SSSR count). The molecule has 0 unspecified atom stereocenters. The lowest BCUT2D eigenvalue weighted by Crippen LogP contribution is -2.38. The Kier molecular flexibility index (Phi) is 5.69. The minimum absolute atomic E-state index is 0.0591. The summed E-state index contributed by atoms with van der Waals surface area (Å²) in [5, 5.41) is 6.98. The van der Waals surface area contributed by atoms with Gasteiger partial charge in [-0.05, 0) is 44.4 Å². The molecule has 2 fully saturated rings. The Bertz CT molecular complexity index is 1160. The van der Waals surface area contributed by atoms with Gasteiger partial charge in [-0.25, -0.2) is 9.97 Å². The fraction of sp³-hybridized carbons (Fsp3) is 0.435. The second-order valence-electron chi connectivity index (χ2n) is 8.60. The molecule has 0 radical (unpaired) electrons. The Morgan fingerprint density at radius 1 is 1.18 bits per heavy atom. The van der Waals surface area contributed by atoms with Crippen LogP contribution in [0.5, 0.6) is 0 Å². The van der Waals surface area contributed by atoms with E-state index < -0.39 is 11.7 Å². The van der Waals surface area contributed by atoms with Crippen LogP contribution in [0.3, 0.4) is 0 Å². The first kappa shape index (κ1) is 21.7. The number of alkyl halides is 3. The van der Waals surface area contributed by atoms with Crippen molar-refractivity contribution in [3.05, 3.63) is 41.7 Å². The number of H-pyrrole nitrogens is 1. The highest BCUT2D eigenvalue weighted by molar-refractivity contribution is 6.02. The van der Waals surface area contributed by atoms with Crippen LogP contribution in [0.25, 0.3) is 22.2 Å². The van der Waals surface area contributed by atoms with Crippen molar-refractivity contribution in [3.63, 3.8) is 0 Å². The summed E-state index contributed by atoms with van der Waals surface area (Å²) in [6, 6.07) is 5.11. The number of amides is 1. The Morgan fingerprint density at radius 3 is 2.73 bits per heavy atom. The van der Waals surface area contributed by atoms with Crippen molar-refractivity contribution in [2.45, 2.75) is 37.9 Å². The van der Waals surface area contributed by atoms with Crippen LogP contribution in [0, 0.1) is 0 Å². The van der Waals surface area contributed by atoms with Gasteiger partial charge < -0.3 is 20.5 Å². The molecular weight excluding hydrogens is 433 g/mol. The summed E-state index contributed by atoms with van der Waals surface area (Å²) in [6.07, 6.45) is 1.60. The zero-order chi connectivity index (χ0) is 23.0. The second-order valence-corrected chi connectivity index (χ2v) is 8.60. The third-order valence-corrected chi connectivity index (χ3v) is 6.30. The van der Waals surface area contributed by atoms with Gasteiger partial charge in [-0.1, -0.05) is 6.07 Å². The third-order valence-electron chi connectivity index (χ3n) is 6.30. The molecule has 1 aromatic carbocycles. The molecule has 7 nitrogen and oxygen atoms in total. The molecule has 0 spiro atoms. The van der Waals surface area contributed by atoms with Crippen molar-refractivity contribution in [3.8, 4) is 11.3 Å². The van der Waals surface area contributed by atoms with E-state index in [1.165, 1.54) is 6.20 Å². The van der Waals surface area contributed by atoms with Gasteiger partial charge in [0, 0.05) is 60.1 Å². The molecule has 0 saturated carbocycles. The first-order valence-corrected chi connectivity index (χ1v) is 11.2. The van der Waals surface area contributed by atoms with E-state index in [-0.39, 0.29) is 23.6 Å². The molecule has 3 N–H and O–H groups in total. The minimum Gasteiger partial charge on any atom is -0.360 e. The van der Waals surface area contributed by atoms with Crippen molar-refractivity contribution >= 4 is 22.8 Å². The number of carbonyl (C=O) groups excluding carboxylic acids is 1. The second kappa shape index (κ2) is 8.66. The molecule has 2 aromatic heterocycles. The van der Waals surface area contributed by atoms with Crippen LogP contribution in [0.1, 0.15) is 41.6 Å². The first-order valence-electron chi connectivity index (χ1n) is 11.2. The highest BCUT2D eigenvalue weighted by atomic mass is 19.4. The Balaban J connectivity index is 1.51. The maximum absolute atomic E-state index is 13.8. The van der Waals surface area contributed by atoms with E-state index in [1.54, 1.807) is 23.1 Å². The lowest BCUT2D eigenvalue weighted by atomic mass is 10.0. The monoisotopic (exact) mass is 458 g/mol. The van der Waals surface area contributed by atoms with E-state index in [2.05, 4.69) is 25.6 Å². The maximum Gasteiger partial charge on any atom is 0.419 e. The number of anilines is 1. The highest BCUT2D eigenvalue weighted by Gasteiger charge is 2.36. The van der Waals surface area contributed by atoms with Crippen LogP contribution in [0.2, 0.25) is 0 Å². The standard InChI is InChI=1S/C23H25F3N6O/c24-23(25,26)18-13-29-22(30-15-4-3-7-27-11-15)31-20(18)17-12-28-19-10-14(5-6-16(17)19)21(33)32-8-1-2-9-32/h5-6,10,12-13,15,27-28H,1-4,7-9,11H2,(H,29,30,31)/t15-/m0/s1. The number of likely N-dealkylation sites (tertiary alicyclic amines) is 1. The Morgan fingerprint density at radius 2 is 2.00 bits per heavy atom. The Hall–Kier alpha value is -3.14. The molecule has 4 heterocycles. The predicted molar refractivity (Wildman–Crippen MR) is 119 cm³/mol. The zero-order valence-corrected chi connectivity index (χ0v) is 18.0. The zero-order valence-electron chi connectivity index (χ0n) is 18.0. The van der Waals surface area contributed by atoms with Crippen LogP contribution < -0.4 is 10.6 Å². The van der Waals surface area contributed by atoms with Gasteiger partial charge in [0.2, 0.25) is 5.95 Å². The smallest absolute Gasteiger partial charge is 0.360 e. The van der Waals surface area contributed by atoms with Crippen LogP contribution in [0.15, 0.2) is 30.6 Å². The van der Waals surface area contributed by atoms with Gasteiger partial charge in [-0.15, -0.1) is 0 Å². The van der Waals surface area contributed by atoms with Crippen LogP contribution in [-0.4, -0.2) is 58.0 Å². The molecule has 33 heavy (non-hydrogen) atoms. The number of aromatic nitrogens is 3.